The number of nitrogens with zero attached hydrogens (tertiary/aromatic N) is 5. The van der Waals surface area contributed by atoms with Gasteiger partial charge in [-0.25, -0.2) is 4.68 Å². The van der Waals surface area contributed by atoms with Gasteiger partial charge in [0.25, 0.3) is 0 Å². The summed E-state index contributed by atoms with van der Waals surface area (Å²) >= 11 is 0. The van der Waals surface area contributed by atoms with Gasteiger partial charge in [-0.3, -0.25) is 4.98 Å². The van der Waals surface area contributed by atoms with E-state index in [1.165, 1.54) is 0 Å². The Morgan fingerprint density at radius 1 is 1.25 bits per heavy atom. The fourth-order valence-corrected chi connectivity index (χ4v) is 3.05. The number of likely N-dealkylation sites (tertiary alicyclic amines) is 1. The van der Waals surface area contributed by atoms with Crippen LogP contribution in [0.2, 0.25) is 0 Å². The largest absolute Gasteiger partial charge is 0.497 e. The van der Waals surface area contributed by atoms with Crippen LogP contribution in [-0.2, 0) is 13.0 Å². The maximum Gasteiger partial charge on any atom is 0.122 e. The third-order valence-electron chi connectivity index (χ3n) is 4.44. The Morgan fingerprint density at radius 3 is 2.79 bits per heavy atom. The van der Waals surface area contributed by atoms with E-state index in [9.17, 15) is 0 Å². The molecule has 0 aliphatic carbocycles. The standard InChI is InChI=1S/C17H26N6O/c1-13-9-17(24-2)10-16(19-13)12-23-11-15(20-21-23)5-8-22-6-3-14(18)4-7-22/h9-11,14H,3-8,12,18H2,1-2H3. The van der Waals surface area contributed by atoms with Crippen molar-refractivity contribution < 1.29 is 4.74 Å². The van der Waals surface area contributed by atoms with E-state index in [4.69, 9.17) is 10.5 Å². The molecule has 7 nitrogen and oxygen atoms in total. The van der Waals surface area contributed by atoms with Crippen molar-refractivity contribution in [1.29, 1.82) is 0 Å². The maximum absolute atomic E-state index is 5.94. The minimum atomic E-state index is 0.376. The van der Waals surface area contributed by atoms with Crippen LogP contribution in [0.4, 0.5) is 0 Å². The third kappa shape index (κ3) is 4.52. The molecule has 1 fully saturated rings. The number of piperidine rings is 1. The molecule has 3 heterocycles. The third-order valence-corrected chi connectivity index (χ3v) is 4.44. The summed E-state index contributed by atoms with van der Waals surface area (Å²) in [6.45, 7) is 5.75. The zero-order chi connectivity index (χ0) is 16.9. The zero-order valence-corrected chi connectivity index (χ0v) is 14.5. The maximum atomic E-state index is 5.94. The van der Waals surface area contributed by atoms with E-state index in [1.807, 2.05) is 29.9 Å². The summed E-state index contributed by atoms with van der Waals surface area (Å²) in [5.41, 5.74) is 8.83. The van der Waals surface area contributed by atoms with E-state index >= 15 is 0 Å². The van der Waals surface area contributed by atoms with Gasteiger partial charge in [0.2, 0.25) is 0 Å². The lowest BCUT2D eigenvalue weighted by Crippen LogP contribution is -2.40. The van der Waals surface area contributed by atoms with Crippen molar-refractivity contribution >= 4 is 0 Å². The molecule has 0 saturated carbocycles. The molecule has 1 aliphatic rings. The summed E-state index contributed by atoms with van der Waals surface area (Å²) in [5, 5.41) is 8.50. The predicted molar refractivity (Wildman–Crippen MR) is 92.0 cm³/mol. The Labute approximate surface area is 142 Å². The van der Waals surface area contributed by atoms with E-state index in [1.54, 1.807) is 7.11 Å². The second kappa shape index (κ2) is 7.72. The van der Waals surface area contributed by atoms with Crippen molar-refractivity contribution in [1.82, 2.24) is 24.9 Å². The van der Waals surface area contributed by atoms with Crippen LogP contribution in [0, 0.1) is 6.92 Å². The number of aryl methyl sites for hydroxylation is 1. The van der Waals surface area contributed by atoms with Crippen molar-refractivity contribution in [2.75, 3.05) is 26.7 Å². The summed E-state index contributed by atoms with van der Waals surface area (Å²) in [7, 11) is 1.67. The van der Waals surface area contributed by atoms with Crippen LogP contribution in [-0.4, -0.2) is 57.7 Å². The van der Waals surface area contributed by atoms with E-state index in [0.717, 1.165) is 61.7 Å². The zero-order valence-electron chi connectivity index (χ0n) is 14.5. The summed E-state index contributed by atoms with van der Waals surface area (Å²) < 4.78 is 7.13. The average molecular weight is 330 g/mol. The number of methoxy groups -OCH3 is 1. The van der Waals surface area contributed by atoms with Crippen molar-refractivity contribution in [3.8, 4) is 5.75 Å². The molecule has 1 saturated heterocycles. The number of hydrogen-bond donors (Lipinski definition) is 1. The summed E-state index contributed by atoms with van der Waals surface area (Å²) in [6, 6.07) is 4.23. The molecular weight excluding hydrogens is 304 g/mol. The highest BCUT2D eigenvalue weighted by atomic mass is 16.5. The average Bonchev–Trinajstić information content (AvgIpc) is 3.01. The molecule has 2 aromatic heterocycles. The lowest BCUT2D eigenvalue weighted by atomic mass is 10.1. The number of nitrogens with two attached hydrogens (primary N) is 1. The summed E-state index contributed by atoms with van der Waals surface area (Å²) in [4.78, 5) is 6.98. The molecule has 7 heteroatoms. The van der Waals surface area contributed by atoms with Gasteiger partial charge in [0.05, 0.1) is 25.0 Å². The van der Waals surface area contributed by atoms with Crippen LogP contribution in [0.1, 0.15) is 29.9 Å². The second-order valence-electron chi connectivity index (χ2n) is 6.48. The second-order valence-corrected chi connectivity index (χ2v) is 6.48. The SMILES string of the molecule is COc1cc(C)nc(Cn2cc(CCN3CCC(N)CC3)nn2)c1. The van der Waals surface area contributed by atoms with Gasteiger partial charge in [-0.2, -0.15) is 0 Å². The highest BCUT2D eigenvalue weighted by molar-refractivity contribution is 5.26. The van der Waals surface area contributed by atoms with E-state index in [0.29, 0.717) is 12.6 Å². The number of hydrogen-bond acceptors (Lipinski definition) is 6. The Balaban J connectivity index is 1.54. The normalized spacial score (nSPS) is 16.5. The van der Waals surface area contributed by atoms with Gasteiger partial charge < -0.3 is 15.4 Å². The van der Waals surface area contributed by atoms with Crippen molar-refractivity contribution in [2.24, 2.45) is 5.73 Å². The Bertz CT molecular complexity index is 663. The molecule has 130 valence electrons. The molecule has 0 amide bonds. The van der Waals surface area contributed by atoms with Gasteiger partial charge in [0, 0.05) is 43.0 Å². The first-order valence-electron chi connectivity index (χ1n) is 8.51. The van der Waals surface area contributed by atoms with E-state index < -0.39 is 0 Å². The number of ether oxygens (including phenoxy) is 1. The van der Waals surface area contributed by atoms with Crippen LogP contribution in [0.25, 0.3) is 0 Å². The summed E-state index contributed by atoms with van der Waals surface area (Å²) in [5.74, 6) is 0.821. The fraction of sp³-hybridized carbons (Fsp3) is 0.588. The molecule has 0 radical (unpaired) electrons. The van der Waals surface area contributed by atoms with Crippen molar-refractivity contribution in [3.63, 3.8) is 0 Å². The van der Waals surface area contributed by atoms with Crippen LogP contribution in [0.15, 0.2) is 18.3 Å². The van der Waals surface area contributed by atoms with Crippen molar-refractivity contribution in [2.45, 2.75) is 38.8 Å². The first-order valence-corrected chi connectivity index (χ1v) is 8.51. The fourth-order valence-electron chi connectivity index (χ4n) is 3.05. The number of aromatic nitrogens is 4. The Morgan fingerprint density at radius 2 is 2.04 bits per heavy atom. The molecule has 0 unspecified atom stereocenters. The predicted octanol–water partition coefficient (Wildman–Crippen LogP) is 1.00. The van der Waals surface area contributed by atoms with Crippen LogP contribution >= 0.6 is 0 Å². The van der Waals surface area contributed by atoms with Gasteiger partial charge in [-0.05, 0) is 32.9 Å². The first-order chi connectivity index (χ1) is 11.6. The molecule has 0 spiro atoms. The minimum absolute atomic E-state index is 0.376. The molecular formula is C17H26N6O. The smallest absolute Gasteiger partial charge is 0.122 e. The minimum Gasteiger partial charge on any atom is -0.497 e. The summed E-state index contributed by atoms with van der Waals surface area (Å²) in [6.07, 6.45) is 5.10. The lowest BCUT2D eigenvalue weighted by molar-refractivity contribution is 0.215. The molecule has 2 N–H and O–H groups in total. The number of pyridine rings is 1. The molecule has 1 aliphatic heterocycles. The molecule has 0 bridgehead atoms. The van der Waals surface area contributed by atoms with Gasteiger partial charge in [0.1, 0.15) is 5.75 Å². The highest BCUT2D eigenvalue weighted by Gasteiger charge is 2.16. The van der Waals surface area contributed by atoms with Gasteiger partial charge in [0.15, 0.2) is 0 Å². The molecule has 2 aromatic rings. The quantitative estimate of drug-likeness (QED) is 0.851. The van der Waals surface area contributed by atoms with E-state index in [-0.39, 0.29) is 0 Å². The lowest BCUT2D eigenvalue weighted by Gasteiger charge is -2.29. The van der Waals surface area contributed by atoms with Gasteiger partial charge in [-0.15, -0.1) is 5.10 Å². The van der Waals surface area contributed by atoms with Crippen LogP contribution < -0.4 is 10.5 Å². The molecule has 0 aromatic carbocycles. The van der Waals surface area contributed by atoms with Crippen LogP contribution in [0.3, 0.4) is 0 Å². The number of rotatable bonds is 6. The topological polar surface area (TPSA) is 82.1 Å². The first kappa shape index (κ1) is 16.9. The van der Waals surface area contributed by atoms with Crippen LogP contribution in [0.5, 0.6) is 5.75 Å². The highest BCUT2D eigenvalue weighted by Crippen LogP contribution is 2.14. The Kier molecular flexibility index (Phi) is 5.42. The van der Waals surface area contributed by atoms with E-state index in [2.05, 4.69) is 20.2 Å². The molecule has 3 rings (SSSR count). The monoisotopic (exact) mass is 330 g/mol. The van der Waals surface area contributed by atoms with Gasteiger partial charge >= 0.3 is 0 Å². The molecule has 0 atom stereocenters. The van der Waals surface area contributed by atoms with Crippen molar-refractivity contribution in [3.05, 3.63) is 35.4 Å². The molecule has 24 heavy (non-hydrogen) atoms. The van der Waals surface area contributed by atoms with Gasteiger partial charge in [-0.1, -0.05) is 5.21 Å². The Hall–Kier alpha value is -1.99.